The molecule has 0 aliphatic carbocycles. The average Bonchev–Trinajstić information content (AvgIpc) is 2.85. The van der Waals surface area contributed by atoms with E-state index in [0.29, 0.717) is 28.7 Å². The van der Waals surface area contributed by atoms with Gasteiger partial charge in [-0.3, -0.25) is 4.79 Å². The minimum Gasteiger partial charge on any atom is -0.333 e. The molecule has 1 amide bonds. The molecular formula is C28H30Cl2N2O. The van der Waals surface area contributed by atoms with Crippen LogP contribution in [0.2, 0.25) is 10.0 Å². The lowest BCUT2D eigenvalue weighted by molar-refractivity contribution is 0.0708. The Bertz CT molecular complexity index is 1030. The summed E-state index contributed by atoms with van der Waals surface area (Å²) in [6.07, 6.45) is 3.55. The third kappa shape index (κ3) is 6.83. The first-order chi connectivity index (χ1) is 16.1. The van der Waals surface area contributed by atoms with Gasteiger partial charge in [0.05, 0.1) is 0 Å². The van der Waals surface area contributed by atoms with Crippen LogP contribution in [-0.4, -0.2) is 41.9 Å². The monoisotopic (exact) mass is 480 g/mol. The standard InChI is InChI=1S/C28H30Cl2N2O/c29-26-12-11-25(27(30)20-26)21-32(28(33)24-9-5-2-6-10-24)18-17-31-15-13-23(14-16-31)19-22-7-3-1-4-8-22/h1-12,20,23H,13-19,21H2. The molecule has 3 aromatic carbocycles. The summed E-state index contributed by atoms with van der Waals surface area (Å²) >= 11 is 12.5. The second-order valence-electron chi connectivity index (χ2n) is 8.80. The maximum Gasteiger partial charge on any atom is 0.254 e. The molecule has 3 aromatic rings. The van der Waals surface area contributed by atoms with Gasteiger partial charge in [-0.2, -0.15) is 0 Å². The first kappa shape index (κ1) is 23.8. The van der Waals surface area contributed by atoms with E-state index in [1.165, 1.54) is 18.4 Å². The second-order valence-corrected chi connectivity index (χ2v) is 9.65. The van der Waals surface area contributed by atoms with Gasteiger partial charge in [0, 0.05) is 35.2 Å². The topological polar surface area (TPSA) is 23.6 Å². The zero-order chi connectivity index (χ0) is 23.0. The van der Waals surface area contributed by atoms with E-state index in [4.69, 9.17) is 23.2 Å². The molecule has 0 radical (unpaired) electrons. The Balaban J connectivity index is 1.36. The molecule has 4 rings (SSSR count). The molecule has 5 heteroatoms. The molecule has 1 fully saturated rings. The highest BCUT2D eigenvalue weighted by Gasteiger charge is 2.22. The number of carbonyl (C=O) groups is 1. The van der Waals surface area contributed by atoms with Crippen LogP contribution in [0.15, 0.2) is 78.9 Å². The molecule has 1 aliphatic rings. The molecule has 0 bridgehead atoms. The fourth-order valence-electron chi connectivity index (χ4n) is 4.49. The summed E-state index contributed by atoms with van der Waals surface area (Å²) in [7, 11) is 0. The number of rotatable bonds is 8. The molecule has 33 heavy (non-hydrogen) atoms. The molecule has 1 heterocycles. The number of carbonyl (C=O) groups excluding carboxylic acids is 1. The van der Waals surface area contributed by atoms with Crippen LogP contribution < -0.4 is 0 Å². The van der Waals surface area contributed by atoms with Crippen LogP contribution in [0.5, 0.6) is 0 Å². The summed E-state index contributed by atoms with van der Waals surface area (Å²) in [4.78, 5) is 17.7. The van der Waals surface area contributed by atoms with E-state index in [1.807, 2.05) is 47.4 Å². The lowest BCUT2D eigenvalue weighted by Crippen LogP contribution is -2.41. The Labute approximate surface area is 206 Å². The smallest absolute Gasteiger partial charge is 0.254 e. The largest absolute Gasteiger partial charge is 0.333 e. The predicted molar refractivity (Wildman–Crippen MR) is 137 cm³/mol. The Morgan fingerprint density at radius 2 is 1.58 bits per heavy atom. The van der Waals surface area contributed by atoms with Gasteiger partial charge in [0.2, 0.25) is 0 Å². The van der Waals surface area contributed by atoms with E-state index in [2.05, 4.69) is 35.2 Å². The predicted octanol–water partition coefficient (Wildman–Crippen LogP) is 6.59. The minimum absolute atomic E-state index is 0.0283. The van der Waals surface area contributed by atoms with Crippen molar-refractivity contribution in [3.63, 3.8) is 0 Å². The van der Waals surface area contributed by atoms with Gasteiger partial charge in [-0.05, 0) is 73.7 Å². The molecule has 0 saturated carbocycles. The van der Waals surface area contributed by atoms with Crippen LogP contribution in [-0.2, 0) is 13.0 Å². The first-order valence-corrected chi connectivity index (χ1v) is 12.4. The van der Waals surface area contributed by atoms with Crippen molar-refractivity contribution in [1.29, 1.82) is 0 Å². The lowest BCUT2D eigenvalue weighted by Gasteiger charge is -2.34. The number of piperidine rings is 1. The number of nitrogens with zero attached hydrogens (tertiary/aromatic N) is 2. The van der Waals surface area contributed by atoms with Crippen LogP contribution in [0, 0.1) is 5.92 Å². The van der Waals surface area contributed by atoms with Crippen LogP contribution in [0.4, 0.5) is 0 Å². The third-order valence-corrected chi connectivity index (χ3v) is 7.03. The number of halogens is 2. The number of likely N-dealkylation sites (tertiary alicyclic amines) is 1. The van der Waals surface area contributed by atoms with Crippen LogP contribution in [0.3, 0.4) is 0 Å². The molecular weight excluding hydrogens is 451 g/mol. The Morgan fingerprint density at radius 1 is 0.909 bits per heavy atom. The van der Waals surface area contributed by atoms with E-state index in [-0.39, 0.29) is 5.91 Å². The minimum atomic E-state index is 0.0283. The van der Waals surface area contributed by atoms with Gasteiger partial charge in [0.25, 0.3) is 5.91 Å². The summed E-state index contributed by atoms with van der Waals surface area (Å²) in [6.45, 7) is 4.14. The highest BCUT2D eigenvalue weighted by Crippen LogP contribution is 2.24. The highest BCUT2D eigenvalue weighted by molar-refractivity contribution is 6.35. The number of amides is 1. The van der Waals surface area contributed by atoms with Gasteiger partial charge in [-0.15, -0.1) is 0 Å². The van der Waals surface area contributed by atoms with Gasteiger partial charge in [-0.1, -0.05) is 77.8 Å². The highest BCUT2D eigenvalue weighted by atomic mass is 35.5. The van der Waals surface area contributed by atoms with Gasteiger partial charge in [0.15, 0.2) is 0 Å². The normalized spacial score (nSPS) is 14.8. The molecule has 1 aliphatic heterocycles. The van der Waals surface area contributed by atoms with Crippen molar-refractivity contribution in [3.05, 3.63) is 106 Å². The summed E-state index contributed by atoms with van der Waals surface area (Å²) < 4.78 is 0. The van der Waals surface area contributed by atoms with Crippen molar-refractivity contribution >= 4 is 29.1 Å². The molecule has 0 atom stereocenters. The van der Waals surface area contributed by atoms with E-state index >= 15 is 0 Å². The fourth-order valence-corrected chi connectivity index (χ4v) is 4.96. The Kier molecular flexibility index (Phi) is 8.44. The van der Waals surface area contributed by atoms with Crippen molar-refractivity contribution in [2.45, 2.75) is 25.8 Å². The van der Waals surface area contributed by atoms with E-state index in [0.717, 1.165) is 37.5 Å². The summed E-state index contributed by atoms with van der Waals surface area (Å²) in [5.74, 6) is 0.763. The van der Waals surface area contributed by atoms with Crippen molar-refractivity contribution in [2.24, 2.45) is 5.92 Å². The second kappa shape index (κ2) is 11.7. The Hall–Kier alpha value is -2.33. The van der Waals surface area contributed by atoms with Crippen LogP contribution in [0.1, 0.15) is 34.3 Å². The van der Waals surface area contributed by atoms with E-state index in [9.17, 15) is 4.79 Å². The van der Waals surface area contributed by atoms with Crippen LogP contribution in [0.25, 0.3) is 0 Å². The summed E-state index contributed by atoms with van der Waals surface area (Å²) in [5, 5.41) is 1.19. The summed E-state index contributed by atoms with van der Waals surface area (Å²) in [5.41, 5.74) is 3.03. The van der Waals surface area contributed by atoms with Gasteiger partial charge in [-0.25, -0.2) is 0 Å². The maximum atomic E-state index is 13.3. The molecule has 0 aromatic heterocycles. The molecule has 0 unspecified atom stereocenters. The van der Waals surface area contributed by atoms with Crippen LogP contribution >= 0.6 is 23.2 Å². The quantitative estimate of drug-likeness (QED) is 0.362. The van der Waals surface area contributed by atoms with Crippen molar-refractivity contribution in [1.82, 2.24) is 9.80 Å². The van der Waals surface area contributed by atoms with Crippen molar-refractivity contribution < 1.29 is 4.79 Å². The number of hydrogen-bond donors (Lipinski definition) is 0. The Morgan fingerprint density at radius 3 is 2.24 bits per heavy atom. The number of benzene rings is 3. The zero-order valence-corrected chi connectivity index (χ0v) is 20.3. The van der Waals surface area contributed by atoms with Crippen molar-refractivity contribution in [3.8, 4) is 0 Å². The van der Waals surface area contributed by atoms with Gasteiger partial charge < -0.3 is 9.80 Å². The molecule has 0 spiro atoms. The molecule has 0 N–H and O–H groups in total. The van der Waals surface area contributed by atoms with Crippen molar-refractivity contribution in [2.75, 3.05) is 26.2 Å². The molecule has 3 nitrogen and oxygen atoms in total. The SMILES string of the molecule is O=C(c1ccccc1)N(CCN1CCC(Cc2ccccc2)CC1)Cc1ccc(Cl)cc1Cl. The number of hydrogen-bond acceptors (Lipinski definition) is 2. The van der Waals surface area contributed by atoms with Gasteiger partial charge in [0.1, 0.15) is 0 Å². The maximum absolute atomic E-state index is 13.3. The van der Waals surface area contributed by atoms with E-state index in [1.54, 1.807) is 6.07 Å². The molecule has 1 saturated heterocycles. The average molecular weight is 481 g/mol. The summed E-state index contributed by atoms with van der Waals surface area (Å²) in [6, 6.07) is 25.7. The molecule has 172 valence electrons. The van der Waals surface area contributed by atoms with E-state index < -0.39 is 0 Å². The van der Waals surface area contributed by atoms with Gasteiger partial charge >= 0.3 is 0 Å². The third-order valence-electron chi connectivity index (χ3n) is 6.44. The fraction of sp³-hybridized carbons (Fsp3) is 0.321. The zero-order valence-electron chi connectivity index (χ0n) is 18.8. The lowest BCUT2D eigenvalue weighted by atomic mass is 9.90. The first-order valence-electron chi connectivity index (χ1n) is 11.6.